The highest BCUT2D eigenvalue weighted by molar-refractivity contribution is 6.13. The van der Waals surface area contributed by atoms with Gasteiger partial charge in [0.15, 0.2) is 0 Å². The first-order valence-electron chi connectivity index (χ1n) is 6.26. The van der Waals surface area contributed by atoms with Gasteiger partial charge in [0.25, 0.3) is 5.91 Å². The molecular weight excluding hydrogens is 254 g/mol. The highest BCUT2D eigenvalue weighted by atomic mass is 16.1. The van der Waals surface area contributed by atoms with Crippen molar-refractivity contribution in [1.29, 1.82) is 0 Å². The lowest BCUT2D eigenvalue weighted by molar-refractivity contribution is 0.102. The Labute approximate surface area is 115 Å². The number of nitrogen functional groups attached to an aromatic ring is 1. The number of hydrogen-bond donors (Lipinski definition) is 4. The summed E-state index contributed by atoms with van der Waals surface area (Å²) in [6.45, 7) is 3.70. The molecule has 1 amide bonds. The Morgan fingerprint density at radius 1 is 1.35 bits per heavy atom. The van der Waals surface area contributed by atoms with Crippen LogP contribution in [0.5, 0.6) is 0 Å². The molecule has 6 nitrogen and oxygen atoms in total. The lowest BCUT2D eigenvalue weighted by Gasteiger charge is -2.04. The summed E-state index contributed by atoms with van der Waals surface area (Å²) in [6, 6.07) is 5.44. The van der Waals surface area contributed by atoms with E-state index in [1.807, 2.05) is 19.9 Å². The van der Waals surface area contributed by atoms with E-state index in [1.165, 1.54) is 0 Å². The number of carbonyl (C=O) groups is 1. The number of rotatable bonds is 2. The van der Waals surface area contributed by atoms with Crippen LogP contribution in [-0.4, -0.2) is 21.1 Å². The summed E-state index contributed by atoms with van der Waals surface area (Å²) in [7, 11) is 0. The Morgan fingerprint density at radius 2 is 2.15 bits per heavy atom. The standard InChI is InChI=1S/C14H15N5O/c1-7-13(8(2)19-18-7)17-14(20)11-6-16-12-4-3-9(15)5-10(11)12/h3-6,16H,15H2,1-2H3,(H,17,20)(H,18,19). The molecule has 0 unspecified atom stereocenters. The number of carbonyl (C=O) groups excluding carboxylic acids is 1. The molecule has 0 fully saturated rings. The third kappa shape index (κ3) is 1.91. The van der Waals surface area contributed by atoms with Crippen molar-refractivity contribution in [2.45, 2.75) is 13.8 Å². The van der Waals surface area contributed by atoms with E-state index in [9.17, 15) is 4.79 Å². The Hall–Kier alpha value is -2.76. The van der Waals surface area contributed by atoms with Crippen LogP contribution >= 0.6 is 0 Å². The zero-order valence-electron chi connectivity index (χ0n) is 11.2. The van der Waals surface area contributed by atoms with Crippen LogP contribution in [0.1, 0.15) is 21.7 Å². The van der Waals surface area contributed by atoms with Gasteiger partial charge < -0.3 is 16.0 Å². The first-order valence-corrected chi connectivity index (χ1v) is 6.26. The molecule has 0 saturated heterocycles. The Balaban J connectivity index is 1.99. The van der Waals surface area contributed by atoms with Crippen LogP contribution in [0.4, 0.5) is 11.4 Å². The number of nitrogens with two attached hydrogens (primary N) is 1. The van der Waals surface area contributed by atoms with Gasteiger partial charge in [0.05, 0.1) is 22.6 Å². The van der Waals surface area contributed by atoms with E-state index >= 15 is 0 Å². The van der Waals surface area contributed by atoms with Gasteiger partial charge in [0.2, 0.25) is 0 Å². The Morgan fingerprint density at radius 3 is 2.85 bits per heavy atom. The molecule has 3 aromatic rings. The minimum atomic E-state index is -0.186. The molecule has 5 N–H and O–H groups in total. The molecule has 0 bridgehead atoms. The third-order valence-corrected chi connectivity index (χ3v) is 3.32. The summed E-state index contributed by atoms with van der Waals surface area (Å²) in [5.41, 5.74) is 10.1. The summed E-state index contributed by atoms with van der Waals surface area (Å²) >= 11 is 0. The molecule has 1 aromatic carbocycles. The number of aromatic nitrogens is 3. The second-order valence-electron chi connectivity index (χ2n) is 4.77. The van der Waals surface area contributed by atoms with Crippen LogP contribution in [0.15, 0.2) is 24.4 Å². The zero-order valence-corrected chi connectivity index (χ0v) is 11.2. The minimum absolute atomic E-state index is 0.186. The van der Waals surface area contributed by atoms with Crippen LogP contribution in [-0.2, 0) is 0 Å². The third-order valence-electron chi connectivity index (χ3n) is 3.32. The number of nitrogens with zero attached hydrogens (tertiary/aromatic N) is 1. The molecule has 0 radical (unpaired) electrons. The average molecular weight is 269 g/mol. The first kappa shape index (κ1) is 12.3. The lowest BCUT2D eigenvalue weighted by Crippen LogP contribution is -2.12. The van der Waals surface area contributed by atoms with E-state index in [0.717, 1.165) is 22.3 Å². The SMILES string of the molecule is Cc1n[nH]c(C)c1NC(=O)c1c[nH]c2ccc(N)cc12. The van der Waals surface area contributed by atoms with Crippen molar-refractivity contribution in [2.24, 2.45) is 0 Å². The molecule has 0 aliphatic carbocycles. The number of fused-ring (bicyclic) bond motifs is 1. The molecule has 0 aliphatic heterocycles. The highest BCUT2D eigenvalue weighted by Crippen LogP contribution is 2.23. The quantitative estimate of drug-likeness (QED) is 0.537. The van der Waals surface area contributed by atoms with Gasteiger partial charge in [-0.2, -0.15) is 5.10 Å². The van der Waals surface area contributed by atoms with Crippen molar-refractivity contribution in [3.8, 4) is 0 Å². The van der Waals surface area contributed by atoms with E-state index in [1.54, 1.807) is 18.3 Å². The van der Waals surface area contributed by atoms with Crippen molar-refractivity contribution >= 4 is 28.2 Å². The van der Waals surface area contributed by atoms with Crippen molar-refractivity contribution in [2.75, 3.05) is 11.1 Å². The fraction of sp³-hybridized carbons (Fsp3) is 0.143. The maximum atomic E-state index is 12.4. The summed E-state index contributed by atoms with van der Waals surface area (Å²) in [5, 5.41) is 10.6. The number of nitrogens with one attached hydrogen (secondary N) is 3. The fourth-order valence-corrected chi connectivity index (χ4v) is 2.24. The summed E-state index contributed by atoms with van der Waals surface area (Å²) in [5.74, 6) is -0.186. The monoisotopic (exact) mass is 269 g/mol. The van der Waals surface area contributed by atoms with Gasteiger partial charge in [0.1, 0.15) is 0 Å². The zero-order chi connectivity index (χ0) is 14.3. The van der Waals surface area contributed by atoms with E-state index in [0.29, 0.717) is 16.9 Å². The van der Waals surface area contributed by atoms with Crippen molar-refractivity contribution in [3.63, 3.8) is 0 Å². The average Bonchev–Trinajstić information content (AvgIpc) is 2.96. The van der Waals surface area contributed by atoms with Gasteiger partial charge in [-0.25, -0.2) is 0 Å². The van der Waals surface area contributed by atoms with Gasteiger partial charge in [-0.05, 0) is 32.0 Å². The van der Waals surface area contributed by atoms with Crippen molar-refractivity contribution in [3.05, 3.63) is 41.3 Å². The predicted molar refractivity (Wildman–Crippen MR) is 78.7 cm³/mol. The molecule has 0 atom stereocenters. The van der Waals surface area contributed by atoms with Gasteiger partial charge in [-0.15, -0.1) is 0 Å². The second kappa shape index (κ2) is 4.41. The molecule has 0 saturated carbocycles. The molecular formula is C14H15N5O. The van der Waals surface area contributed by atoms with Gasteiger partial charge >= 0.3 is 0 Å². The maximum Gasteiger partial charge on any atom is 0.257 e. The molecule has 20 heavy (non-hydrogen) atoms. The molecule has 2 heterocycles. The van der Waals surface area contributed by atoms with Gasteiger partial charge in [-0.3, -0.25) is 9.89 Å². The van der Waals surface area contributed by atoms with Crippen LogP contribution in [0, 0.1) is 13.8 Å². The molecule has 0 spiro atoms. The van der Waals surface area contributed by atoms with E-state index < -0.39 is 0 Å². The highest BCUT2D eigenvalue weighted by Gasteiger charge is 2.15. The number of hydrogen-bond acceptors (Lipinski definition) is 3. The van der Waals surface area contributed by atoms with Crippen LogP contribution in [0.3, 0.4) is 0 Å². The van der Waals surface area contributed by atoms with Gasteiger partial charge in [0, 0.05) is 22.8 Å². The predicted octanol–water partition coefficient (Wildman–Crippen LogP) is 2.34. The molecule has 6 heteroatoms. The van der Waals surface area contributed by atoms with Crippen LogP contribution in [0.2, 0.25) is 0 Å². The molecule has 102 valence electrons. The molecule has 2 aromatic heterocycles. The van der Waals surface area contributed by atoms with Crippen molar-refractivity contribution in [1.82, 2.24) is 15.2 Å². The van der Waals surface area contributed by atoms with E-state index in [2.05, 4.69) is 20.5 Å². The molecule has 3 rings (SSSR count). The molecule has 0 aliphatic rings. The van der Waals surface area contributed by atoms with E-state index in [-0.39, 0.29) is 5.91 Å². The number of benzene rings is 1. The summed E-state index contributed by atoms with van der Waals surface area (Å²) in [4.78, 5) is 15.5. The normalized spacial score (nSPS) is 10.9. The lowest BCUT2D eigenvalue weighted by atomic mass is 10.1. The maximum absolute atomic E-state index is 12.4. The second-order valence-corrected chi connectivity index (χ2v) is 4.77. The van der Waals surface area contributed by atoms with Crippen LogP contribution in [0.25, 0.3) is 10.9 Å². The topological polar surface area (TPSA) is 99.6 Å². The number of aryl methyl sites for hydroxylation is 2. The number of amides is 1. The summed E-state index contributed by atoms with van der Waals surface area (Å²) in [6.07, 6.45) is 1.68. The first-order chi connectivity index (χ1) is 9.56. The Bertz CT molecular complexity index is 780. The van der Waals surface area contributed by atoms with Crippen LogP contribution < -0.4 is 11.1 Å². The number of anilines is 2. The van der Waals surface area contributed by atoms with E-state index in [4.69, 9.17) is 5.73 Å². The number of H-pyrrole nitrogens is 2. The Kier molecular flexibility index (Phi) is 2.71. The minimum Gasteiger partial charge on any atom is -0.399 e. The smallest absolute Gasteiger partial charge is 0.257 e. The summed E-state index contributed by atoms with van der Waals surface area (Å²) < 4.78 is 0. The fourth-order valence-electron chi connectivity index (χ4n) is 2.24. The van der Waals surface area contributed by atoms with Crippen molar-refractivity contribution < 1.29 is 4.79 Å². The van der Waals surface area contributed by atoms with Gasteiger partial charge in [-0.1, -0.05) is 0 Å². The number of aromatic amines is 2. The largest absolute Gasteiger partial charge is 0.399 e.